The van der Waals surface area contributed by atoms with Crippen LogP contribution in [-0.4, -0.2) is 18.4 Å². The standard InChI is InChI=1S/C3H10N4/c4-1-3(6,7)2-5/h1,4H,2,5-7H2. The third-order valence-corrected chi connectivity index (χ3v) is 0.622. The molecular weight excluding hydrogens is 92.1 g/mol. The van der Waals surface area contributed by atoms with Crippen LogP contribution in [0.2, 0.25) is 0 Å². The summed E-state index contributed by atoms with van der Waals surface area (Å²) in [6.07, 6.45) is 0.924. The molecule has 0 rings (SSSR count). The highest BCUT2D eigenvalue weighted by Crippen LogP contribution is 1.74. The average Bonchev–Trinajstić information content (AvgIpc) is 1.68. The third kappa shape index (κ3) is 2.27. The molecule has 0 heterocycles. The largest absolute Gasteiger partial charge is 0.327 e. The van der Waals surface area contributed by atoms with E-state index in [0.29, 0.717) is 0 Å². The van der Waals surface area contributed by atoms with Crippen molar-refractivity contribution >= 4 is 6.21 Å². The summed E-state index contributed by atoms with van der Waals surface area (Å²) < 4.78 is 0. The molecule has 42 valence electrons. The van der Waals surface area contributed by atoms with Gasteiger partial charge in [-0.2, -0.15) is 0 Å². The zero-order valence-corrected chi connectivity index (χ0v) is 4.02. The van der Waals surface area contributed by atoms with Gasteiger partial charge in [0.15, 0.2) is 0 Å². The molecule has 7 N–H and O–H groups in total. The summed E-state index contributed by atoms with van der Waals surface area (Å²) in [7, 11) is 0. The lowest BCUT2D eigenvalue weighted by Crippen LogP contribution is -2.56. The molecule has 0 saturated carbocycles. The van der Waals surface area contributed by atoms with Crippen LogP contribution in [0.4, 0.5) is 0 Å². The molecule has 0 atom stereocenters. The van der Waals surface area contributed by atoms with Gasteiger partial charge in [-0.1, -0.05) is 0 Å². The Morgan fingerprint density at radius 2 is 2.00 bits per heavy atom. The van der Waals surface area contributed by atoms with E-state index >= 15 is 0 Å². The quantitative estimate of drug-likeness (QED) is 0.244. The second-order valence-electron chi connectivity index (χ2n) is 1.46. The van der Waals surface area contributed by atoms with E-state index < -0.39 is 5.66 Å². The average molecular weight is 102 g/mol. The first-order valence-electron chi connectivity index (χ1n) is 1.92. The minimum atomic E-state index is -1.10. The zero-order chi connectivity index (χ0) is 5.91. The van der Waals surface area contributed by atoms with Gasteiger partial charge in [0.2, 0.25) is 0 Å². The molecule has 0 unspecified atom stereocenters. The van der Waals surface area contributed by atoms with Crippen LogP contribution in [0.3, 0.4) is 0 Å². The molecule has 0 aromatic rings. The normalized spacial score (nSPS) is 11.3. The van der Waals surface area contributed by atoms with Crippen LogP contribution in [0.5, 0.6) is 0 Å². The predicted molar refractivity (Wildman–Crippen MR) is 28.9 cm³/mol. The fourth-order valence-electron chi connectivity index (χ4n) is 0.0589. The number of hydrogen-bond donors (Lipinski definition) is 4. The minimum absolute atomic E-state index is 0.108. The van der Waals surface area contributed by atoms with Crippen LogP contribution in [0.25, 0.3) is 0 Å². The topological polar surface area (TPSA) is 102 Å². The lowest BCUT2D eigenvalue weighted by atomic mass is 10.2. The van der Waals surface area contributed by atoms with Crippen LogP contribution in [0.1, 0.15) is 0 Å². The Morgan fingerprint density at radius 1 is 1.57 bits per heavy atom. The van der Waals surface area contributed by atoms with Gasteiger partial charge in [-0.15, -0.1) is 0 Å². The van der Waals surface area contributed by atoms with Crippen LogP contribution >= 0.6 is 0 Å². The summed E-state index contributed by atoms with van der Waals surface area (Å²) in [5.41, 5.74) is 14.2. The molecule has 0 aliphatic heterocycles. The summed E-state index contributed by atoms with van der Waals surface area (Å²) >= 11 is 0. The van der Waals surface area contributed by atoms with E-state index in [1.165, 1.54) is 0 Å². The van der Waals surface area contributed by atoms with Gasteiger partial charge in [-0.3, -0.25) is 0 Å². The molecule has 0 aliphatic carbocycles. The first-order chi connectivity index (χ1) is 3.12. The number of nitrogens with two attached hydrogens (primary N) is 3. The minimum Gasteiger partial charge on any atom is -0.327 e. The van der Waals surface area contributed by atoms with Crippen molar-refractivity contribution in [3.05, 3.63) is 0 Å². The smallest absolute Gasteiger partial charge is 0.112 e. The second-order valence-corrected chi connectivity index (χ2v) is 1.46. The summed E-state index contributed by atoms with van der Waals surface area (Å²) in [5, 5.41) is 6.55. The molecule has 4 heteroatoms. The Bertz CT molecular complexity index is 67.3. The van der Waals surface area contributed by atoms with Crippen LogP contribution in [0, 0.1) is 5.41 Å². The van der Waals surface area contributed by atoms with Gasteiger partial charge in [-0.25, -0.2) is 0 Å². The highest BCUT2D eigenvalue weighted by atomic mass is 15.0. The highest BCUT2D eigenvalue weighted by Gasteiger charge is 2.09. The van der Waals surface area contributed by atoms with Gasteiger partial charge < -0.3 is 22.6 Å². The lowest BCUT2D eigenvalue weighted by Gasteiger charge is -2.13. The highest BCUT2D eigenvalue weighted by molar-refractivity contribution is 5.65. The van der Waals surface area contributed by atoms with Crippen molar-refractivity contribution in [2.24, 2.45) is 17.2 Å². The molecule has 7 heavy (non-hydrogen) atoms. The second kappa shape index (κ2) is 2.02. The predicted octanol–water partition coefficient (Wildman–Crippen LogP) is -1.79. The fraction of sp³-hybridized carbons (Fsp3) is 0.667. The first kappa shape index (κ1) is 6.55. The molecule has 0 aromatic heterocycles. The van der Waals surface area contributed by atoms with E-state index in [1.807, 2.05) is 0 Å². The van der Waals surface area contributed by atoms with Crippen molar-refractivity contribution in [2.45, 2.75) is 5.66 Å². The van der Waals surface area contributed by atoms with Crippen molar-refractivity contribution in [2.75, 3.05) is 6.54 Å². The van der Waals surface area contributed by atoms with Gasteiger partial charge in [0.25, 0.3) is 0 Å². The maximum Gasteiger partial charge on any atom is 0.112 e. The summed E-state index contributed by atoms with van der Waals surface area (Å²) in [4.78, 5) is 0. The van der Waals surface area contributed by atoms with Crippen LogP contribution < -0.4 is 17.2 Å². The first-order valence-corrected chi connectivity index (χ1v) is 1.92. The molecule has 0 aromatic carbocycles. The number of nitrogens with one attached hydrogen (secondary N) is 1. The molecule has 0 amide bonds. The van der Waals surface area contributed by atoms with E-state index in [0.717, 1.165) is 6.21 Å². The SMILES string of the molecule is N=CC(N)(N)CN. The molecule has 0 fully saturated rings. The molecule has 0 bridgehead atoms. The van der Waals surface area contributed by atoms with Crippen molar-refractivity contribution in [3.8, 4) is 0 Å². The molecule has 0 spiro atoms. The van der Waals surface area contributed by atoms with Crippen molar-refractivity contribution in [3.63, 3.8) is 0 Å². The third-order valence-electron chi connectivity index (χ3n) is 0.622. The summed E-state index contributed by atoms with van der Waals surface area (Å²) in [6, 6.07) is 0. The van der Waals surface area contributed by atoms with Crippen LogP contribution in [0.15, 0.2) is 0 Å². The number of hydrogen-bond acceptors (Lipinski definition) is 4. The molecule has 0 aliphatic rings. The summed E-state index contributed by atoms with van der Waals surface area (Å²) in [6.45, 7) is 0.108. The van der Waals surface area contributed by atoms with Crippen molar-refractivity contribution in [1.82, 2.24) is 0 Å². The Hall–Kier alpha value is -0.450. The van der Waals surface area contributed by atoms with Crippen molar-refractivity contribution in [1.29, 1.82) is 5.41 Å². The van der Waals surface area contributed by atoms with E-state index in [2.05, 4.69) is 0 Å². The Kier molecular flexibility index (Phi) is 1.89. The van der Waals surface area contributed by atoms with Crippen LogP contribution in [-0.2, 0) is 0 Å². The maximum atomic E-state index is 6.55. The molecular formula is C3H10N4. The van der Waals surface area contributed by atoms with Crippen molar-refractivity contribution < 1.29 is 0 Å². The van der Waals surface area contributed by atoms with Gasteiger partial charge >= 0.3 is 0 Å². The van der Waals surface area contributed by atoms with E-state index in [4.69, 9.17) is 22.6 Å². The van der Waals surface area contributed by atoms with E-state index in [1.54, 1.807) is 0 Å². The Labute approximate surface area is 42.2 Å². The number of rotatable bonds is 2. The molecule has 0 radical (unpaired) electrons. The van der Waals surface area contributed by atoms with Gasteiger partial charge in [0.05, 0.1) is 0 Å². The molecule has 4 nitrogen and oxygen atoms in total. The van der Waals surface area contributed by atoms with Gasteiger partial charge in [0.1, 0.15) is 5.66 Å². The van der Waals surface area contributed by atoms with Gasteiger partial charge in [-0.05, 0) is 0 Å². The molecule has 0 saturated heterocycles. The Morgan fingerprint density at radius 3 is 2.00 bits per heavy atom. The monoisotopic (exact) mass is 102 g/mol. The van der Waals surface area contributed by atoms with E-state index in [9.17, 15) is 0 Å². The zero-order valence-electron chi connectivity index (χ0n) is 4.02. The summed E-state index contributed by atoms with van der Waals surface area (Å²) in [5.74, 6) is 0. The fourth-order valence-corrected chi connectivity index (χ4v) is 0.0589. The Balaban J connectivity index is 3.58. The van der Waals surface area contributed by atoms with Gasteiger partial charge in [0, 0.05) is 12.8 Å². The van der Waals surface area contributed by atoms with E-state index in [-0.39, 0.29) is 6.54 Å². The maximum absolute atomic E-state index is 6.55. The lowest BCUT2D eigenvalue weighted by molar-refractivity contribution is 0.614.